The number of hydrogen-bond donors (Lipinski definition) is 1. The van der Waals surface area contributed by atoms with Gasteiger partial charge in [-0.2, -0.15) is 4.98 Å². The van der Waals surface area contributed by atoms with Crippen molar-refractivity contribution in [3.8, 4) is 0 Å². The lowest BCUT2D eigenvalue weighted by Crippen LogP contribution is -2.34. The lowest BCUT2D eigenvalue weighted by molar-refractivity contribution is 0.00740. The van der Waals surface area contributed by atoms with Gasteiger partial charge in [0, 0.05) is 32.3 Å². The molecular weight excluding hydrogens is 242 g/mol. The summed E-state index contributed by atoms with van der Waals surface area (Å²) >= 11 is 0. The van der Waals surface area contributed by atoms with E-state index < -0.39 is 0 Å². The number of aryl methyl sites for hydroxylation is 1. The molecule has 1 aliphatic heterocycles. The first-order valence-electron chi connectivity index (χ1n) is 6.36. The van der Waals surface area contributed by atoms with Crippen LogP contribution < -0.4 is 10.2 Å². The molecule has 6 heteroatoms. The molecule has 2 heterocycles. The normalized spacial score (nSPS) is 21.8. The van der Waals surface area contributed by atoms with Crippen LogP contribution in [-0.2, 0) is 4.84 Å². The first kappa shape index (κ1) is 13.6. The second-order valence-electron chi connectivity index (χ2n) is 5.49. The number of aromatic nitrogens is 2. The lowest BCUT2D eigenvalue weighted by Gasteiger charge is -2.22. The van der Waals surface area contributed by atoms with E-state index in [4.69, 9.17) is 4.84 Å². The van der Waals surface area contributed by atoms with E-state index in [1.54, 1.807) is 0 Å². The molecule has 0 aromatic carbocycles. The number of nitrogens with zero attached hydrogens (tertiary/aromatic N) is 4. The molecule has 2 rings (SSSR count). The zero-order valence-corrected chi connectivity index (χ0v) is 12.2. The smallest absolute Gasteiger partial charge is 0.224 e. The summed E-state index contributed by atoms with van der Waals surface area (Å²) in [6, 6.07) is 0. The number of nitrogens with one attached hydrogen (secondary N) is 1. The predicted molar refractivity (Wildman–Crippen MR) is 76.8 cm³/mol. The first-order valence-corrected chi connectivity index (χ1v) is 6.36. The van der Waals surface area contributed by atoms with Gasteiger partial charge in [-0.15, -0.1) is 0 Å². The van der Waals surface area contributed by atoms with Gasteiger partial charge in [0.1, 0.15) is 5.82 Å². The molecule has 0 amide bonds. The number of oxime groups is 1. The van der Waals surface area contributed by atoms with Gasteiger partial charge < -0.3 is 15.1 Å². The zero-order valence-electron chi connectivity index (χ0n) is 12.2. The highest BCUT2D eigenvalue weighted by molar-refractivity contribution is 5.83. The molecule has 1 N–H and O–H groups in total. The molecule has 19 heavy (non-hydrogen) atoms. The van der Waals surface area contributed by atoms with Crippen LogP contribution in [0.1, 0.15) is 25.8 Å². The molecule has 1 atom stereocenters. The van der Waals surface area contributed by atoms with Crippen molar-refractivity contribution >= 4 is 17.5 Å². The van der Waals surface area contributed by atoms with Gasteiger partial charge in [0.2, 0.25) is 5.95 Å². The fourth-order valence-corrected chi connectivity index (χ4v) is 2.13. The summed E-state index contributed by atoms with van der Waals surface area (Å²) in [5.41, 5.74) is 1.76. The van der Waals surface area contributed by atoms with Gasteiger partial charge in [-0.25, -0.2) is 4.98 Å². The van der Waals surface area contributed by atoms with Crippen LogP contribution >= 0.6 is 0 Å². The molecule has 1 aromatic rings. The van der Waals surface area contributed by atoms with Gasteiger partial charge in [-0.05, 0) is 20.8 Å². The van der Waals surface area contributed by atoms with Crippen LogP contribution in [0.2, 0.25) is 0 Å². The molecule has 104 valence electrons. The molecule has 6 nitrogen and oxygen atoms in total. The van der Waals surface area contributed by atoms with E-state index in [1.165, 1.54) is 0 Å². The van der Waals surface area contributed by atoms with Gasteiger partial charge in [-0.1, -0.05) is 5.16 Å². The average Bonchev–Trinajstić information content (AvgIpc) is 2.68. The Balaban J connectivity index is 2.02. The second-order valence-corrected chi connectivity index (χ2v) is 5.49. The molecule has 0 spiro atoms. The molecule has 1 aliphatic rings. The van der Waals surface area contributed by atoms with Crippen molar-refractivity contribution in [2.75, 3.05) is 30.9 Å². The van der Waals surface area contributed by atoms with Crippen molar-refractivity contribution in [2.24, 2.45) is 5.16 Å². The third-order valence-electron chi connectivity index (χ3n) is 3.04. The molecule has 0 saturated carbocycles. The van der Waals surface area contributed by atoms with Crippen LogP contribution in [0.3, 0.4) is 0 Å². The standard InChI is InChI=1S/C13H21N5O/c1-9-7-14-12(16-11(9)18(4)5)15-8-13(3)6-10(2)17-19-13/h7H,6,8H2,1-5H3,(H,14,15,16)/t13-/m0/s1. The van der Waals surface area contributed by atoms with Crippen molar-refractivity contribution in [2.45, 2.75) is 32.8 Å². The van der Waals surface area contributed by atoms with Gasteiger partial charge in [0.25, 0.3) is 0 Å². The maximum atomic E-state index is 5.44. The van der Waals surface area contributed by atoms with Crippen molar-refractivity contribution in [3.05, 3.63) is 11.8 Å². The van der Waals surface area contributed by atoms with Gasteiger partial charge >= 0.3 is 0 Å². The van der Waals surface area contributed by atoms with Gasteiger partial charge in [0.05, 0.1) is 12.3 Å². The minimum Gasteiger partial charge on any atom is -0.387 e. The van der Waals surface area contributed by atoms with Gasteiger partial charge in [0.15, 0.2) is 5.60 Å². The Morgan fingerprint density at radius 2 is 2.16 bits per heavy atom. The monoisotopic (exact) mass is 263 g/mol. The summed E-state index contributed by atoms with van der Waals surface area (Å²) in [7, 11) is 3.94. The second kappa shape index (κ2) is 5.03. The summed E-state index contributed by atoms with van der Waals surface area (Å²) in [5, 5.41) is 7.21. The van der Waals surface area contributed by atoms with Crippen LogP contribution in [0, 0.1) is 6.92 Å². The maximum Gasteiger partial charge on any atom is 0.224 e. The number of rotatable bonds is 4. The molecule has 0 radical (unpaired) electrons. The molecule has 0 fully saturated rings. The van der Waals surface area contributed by atoms with E-state index >= 15 is 0 Å². The van der Waals surface area contributed by atoms with Gasteiger partial charge in [-0.3, -0.25) is 0 Å². The van der Waals surface area contributed by atoms with Crippen LogP contribution in [-0.4, -0.2) is 41.9 Å². The third-order valence-corrected chi connectivity index (χ3v) is 3.04. The predicted octanol–water partition coefficient (Wildman–Crippen LogP) is 1.82. The largest absolute Gasteiger partial charge is 0.387 e. The molecule has 1 aromatic heterocycles. The minimum atomic E-state index is -0.309. The molecule has 0 bridgehead atoms. The molecular formula is C13H21N5O. The van der Waals surface area contributed by atoms with Crippen LogP contribution in [0.15, 0.2) is 11.4 Å². The van der Waals surface area contributed by atoms with Crippen molar-refractivity contribution in [1.82, 2.24) is 9.97 Å². The van der Waals surface area contributed by atoms with Crippen LogP contribution in [0.4, 0.5) is 11.8 Å². The highest BCUT2D eigenvalue weighted by Crippen LogP contribution is 2.24. The lowest BCUT2D eigenvalue weighted by atomic mass is 10.0. The van der Waals surface area contributed by atoms with E-state index in [0.29, 0.717) is 12.5 Å². The van der Waals surface area contributed by atoms with E-state index in [-0.39, 0.29) is 5.60 Å². The van der Waals surface area contributed by atoms with Crippen molar-refractivity contribution in [1.29, 1.82) is 0 Å². The van der Waals surface area contributed by atoms with Crippen LogP contribution in [0.5, 0.6) is 0 Å². The maximum absolute atomic E-state index is 5.44. The summed E-state index contributed by atoms with van der Waals surface area (Å²) in [5.74, 6) is 1.53. The summed E-state index contributed by atoms with van der Waals surface area (Å²) in [4.78, 5) is 16.2. The van der Waals surface area contributed by atoms with E-state index in [9.17, 15) is 0 Å². The fraction of sp³-hybridized carbons (Fsp3) is 0.615. The zero-order chi connectivity index (χ0) is 14.0. The fourth-order valence-electron chi connectivity index (χ4n) is 2.13. The number of anilines is 2. The number of hydrogen-bond acceptors (Lipinski definition) is 6. The molecule has 0 saturated heterocycles. The van der Waals surface area contributed by atoms with E-state index in [1.807, 2.05) is 46.0 Å². The topological polar surface area (TPSA) is 62.6 Å². The summed E-state index contributed by atoms with van der Waals surface area (Å²) in [6.07, 6.45) is 2.65. The highest BCUT2D eigenvalue weighted by Gasteiger charge is 2.32. The van der Waals surface area contributed by atoms with E-state index in [2.05, 4.69) is 20.4 Å². The molecule has 0 unspecified atom stereocenters. The SMILES string of the molecule is CC1=NO[C@](C)(CNc2ncc(C)c(N(C)C)n2)C1. The molecule has 0 aliphatic carbocycles. The first-order chi connectivity index (χ1) is 8.89. The van der Waals surface area contributed by atoms with E-state index in [0.717, 1.165) is 23.5 Å². The highest BCUT2D eigenvalue weighted by atomic mass is 16.7. The summed E-state index contributed by atoms with van der Waals surface area (Å²) < 4.78 is 0. The van der Waals surface area contributed by atoms with Crippen molar-refractivity contribution < 1.29 is 4.84 Å². The third kappa shape index (κ3) is 3.13. The minimum absolute atomic E-state index is 0.309. The van der Waals surface area contributed by atoms with Crippen molar-refractivity contribution in [3.63, 3.8) is 0 Å². The Hall–Kier alpha value is -1.85. The Kier molecular flexibility index (Phi) is 3.59. The summed E-state index contributed by atoms with van der Waals surface area (Å²) in [6.45, 7) is 6.63. The Labute approximate surface area is 113 Å². The Bertz CT molecular complexity index is 500. The Morgan fingerprint density at radius 3 is 2.74 bits per heavy atom. The quantitative estimate of drug-likeness (QED) is 0.897. The average molecular weight is 263 g/mol. The van der Waals surface area contributed by atoms with Crippen LogP contribution in [0.25, 0.3) is 0 Å². The Morgan fingerprint density at radius 1 is 1.42 bits per heavy atom.